The lowest BCUT2D eigenvalue weighted by Gasteiger charge is -2.16. The standard InChI is InChI=1S/C21H27N5O4S/c1-12(2)24-20-19-17(23-11-26(4)21(19)28)9-16(25-20)14-6-7-15(22-10-13(3)27)18(8-14)31(5,29)30/h6-9,11-13,22,27H,10H2,1-5H3,(H,24,25)/t13-/m1/s1. The second kappa shape index (κ2) is 8.64. The van der Waals surface area contributed by atoms with E-state index in [0.29, 0.717) is 33.7 Å². The van der Waals surface area contributed by atoms with E-state index in [1.54, 1.807) is 32.2 Å². The topological polar surface area (TPSA) is 126 Å². The second-order valence-electron chi connectivity index (χ2n) is 7.92. The molecule has 2 aromatic heterocycles. The number of nitrogens with zero attached hydrogens (tertiary/aromatic N) is 3. The van der Waals surface area contributed by atoms with Crippen molar-refractivity contribution in [3.8, 4) is 11.3 Å². The molecule has 166 valence electrons. The third-order valence-electron chi connectivity index (χ3n) is 4.59. The first-order valence-electron chi connectivity index (χ1n) is 9.86. The monoisotopic (exact) mass is 445 g/mol. The highest BCUT2D eigenvalue weighted by atomic mass is 32.2. The van der Waals surface area contributed by atoms with E-state index in [2.05, 4.69) is 20.6 Å². The van der Waals surface area contributed by atoms with Gasteiger partial charge < -0.3 is 20.3 Å². The van der Waals surface area contributed by atoms with Crippen LogP contribution in [-0.2, 0) is 16.9 Å². The maximum atomic E-state index is 12.7. The lowest BCUT2D eigenvalue weighted by molar-refractivity contribution is 0.208. The maximum absolute atomic E-state index is 12.7. The Morgan fingerprint density at radius 3 is 2.52 bits per heavy atom. The van der Waals surface area contributed by atoms with Gasteiger partial charge in [-0.25, -0.2) is 18.4 Å². The molecule has 9 nitrogen and oxygen atoms in total. The summed E-state index contributed by atoms with van der Waals surface area (Å²) in [4.78, 5) is 21.7. The van der Waals surface area contributed by atoms with E-state index in [1.165, 1.54) is 17.0 Å². The van der Waals surface area contributed by atoms with Crippen LogP contribution in [0.1, 0.15) is 20.8 Å². The smallest absolute Gasteiger partial charge is 0.264 e. The molecule has 0 aliphatic rings. The van der Waals surface area contributed by atoms with Crippen LogP contribution in [0.15, 0.2) is 40.3 Å². The summed E-state index contributed by atoms with van der Waals surface area (Å²) in [6.45, 7) is 5.70. The van der Waals surface area contributed by atoms with Gasteiger partial charge in [-0.3, -0.25) is 4.79 Å². The van der Waals surface area contributed by atoms with Crippen molar-refractivity contribution in [1.82, 2.24) is 14.5 Å². The molecule has 3 rings (SSSR count). The van der Waals surface area contributed by atoms with E-state index in [4.69, 9.17) is 0 Å². The number of anilines is 2. The van der Waals surface area contributed by atoms with Crippen LogP contribution in [0, 0.1) is 0 Å². The zero-order chi connectivity index (χ0) is 22.9. The molecule has 0 aliphatic carbocycles. The molecule has 0 unspecified atom stereocenters. The molecular weight excluding hydrogens is 418 g/mol. The molecular formula is C21H27N5O4S. The van der Waals surface area contributed by atoms with Gasteiger partial charge in [-0.05, 0) is 39.0 Å². The molecule has 31 heavy (non-hydrogen) atoms. The molecule has 0 aliphatic heterocycles. The molecule has 0 saturated heterocycles. The van der Waals surface area contributed by atoms with E-state index >= 15 is 0 Å². The van der Waals surface area contributed by atoms with Crippen molar-refractivity contribution in [3.05, 3.63) is 40.9 Å². The van der Waals surface area contributed by atoms with Crippen LogP contribution in [0.25, 0.3) is 22.2 Å². The highest BCUT2D eigenvalue weighted by Gasteiger charge is 2.18. The molecule has 0 spiro atoms. The fourth-order valence-electron chi connectivity index (χ4n) is 3.14. The van der Waals surface area contributed by atoms with E-state index < -0.39 is 15.9 Å². The van der Waals surface area contributed by atoms with Gasteiger partial charge in [0.15, 0.2) is 9.84 Å². The normalized spacial score (nSPS) is 12.9. The SMILES string of the molecule is CC(C)Nc1nc(-c2ccc(NC[C@@H](C)O)c(S(C)(=O)=O)c2)cc2ncn(C)c(=O)c12. The maximum Gasteiger partial charge on any atom is 0.264 e. The van der Waals surface area contributed by atoms with Crippen molar-refractivity contribution in [2.45, 2.75) is 37.8 Å². The number of sulfone groups is 1. The average Bonchev–Trinajstić information content (AvgIpc) is 2.67. The van der Waals surface area contributed by atoms with Gasteiger partial charge in [0.2, 0.25) is 0 Å². The summed E-state index contributed by atoms with van der Waals surface area (Å²) in [5.41, 5.74) is 1.71. The summed E-state index contributed by atoms with van der Waals surface area (Å²) in [6, 6.07) is 6.62. The van der Waals surface area contributed by atoms with Gasteiger partial charge in [0.1, 0.15) is 11.2 Å². The average molecular weight is 446 g/mol. The van der Waals surface area contributed by atoms with Crippen molar-refractivity contribution in [1.29, 1.82) is 0 Å². The summed E-state index contributed by atoms with van der Waals surface area (Å²) < 4.78 is 26.2. The molecule has 0 amide bonds. The van der Waals surface area contributed by atoms with Crippen molar-refractivity contribution >= 4 is 32.2 Å². The number of nitrogens with one attached hydrogen (secondary N) is 2. The highest BCUT2D eigenvalue weighted by Crippen LogP contribution is 2.30. The number of hydrogen-bond acceptors (Lipinski definition) is 8. The minimum atomic E-state index is -3.55. The van der Waals surface area contributed by atoms with Crippen molar-refractivity contribution in [2.75, 3.05) is 23.4 Å². The first kappa shape index (κ1) is 22.7. The number of aliphatic hydroxyl groups is 1. The van der Waals surface area contributed by atoms with Crippen LogP contribution in [0.2, 0.25) is 0 Å². The number of aromatic nitrogens is 3. The van der Waals surface area contributed by atoms with Crippen LogP contribution >= 0.6 is 0 Å². The fourth-order valence-corrected chi connectivity index (χ4v) is 4.02. The number of hydrogen-bond donors (Lipinski definition) is 3. The van der Waals surface area contributed by atoms with Crippen LogP contribution in [0.5, 0.6) is 0 Å². The molecule has 1 atom stereocenters. The number of pyridine rings is 1. The third kappa shape index (κ3) is 5.02. The van der Waals surface area contributed by atoms with Crippen molar-refractivity contribution < 1.29 is 13.5 Å². The third-order valence-corrected chi connectivity index (χ3v) is 5.73. The van der Waals surface area contributed by atoms with E-state index in [0.717, 1.165) is 6.26 Å². The number of benzene rings is 1. The molecule has 2 heterocycles. The van der Waals surface area contributed by atoms with Gasteiger partial charge in [-0.15, -0.1) is 0 Å². The number of aliphatic hydroxyl groups excluding tert-OH is 1. The van der Waals surface area contributed by atoms with Gasteiger partial charge in [0.25, 0.3) is 5.56 Å². The zero-order valence-corrected chi connectivity index (χ0v) is 19.0. The Balaban J connectivity index is 2.21. The minimum Gasteiger partial charge on any atom is -0.392 e. The lowest BCUT2D eigenvalue weighted by atomic mass is 10.1. The molecule has 0 fully saturated rings. The van der Waals surface area contributed by atoms with Crippen LogP contribution in [0.3, 0.4) is 0 Å². The molecule has 0 saturated carbocycles. The van der Waals surface area contributed by atoms with Gasteiger partial charge in [-0.2, -0.15) is 0 Å². The Labute approximate surface area is 181 Å². The number of aryl methyl sites for hydroxylation is 1. The molecule has 0 bridgehead atoms. The van der Waals surface area contributed by atoms with Gasteiger partial charge >= 0.3 is 0 Å². The van der Waals surface area contributed by atoms with E-state index in [9.17, 15) is 18.3 Å². The summed E-state index contributed by atoms with van der Waals surface area (Å²) in [7, 11) is -1.93. The zero-order valence-electron chi connectivity index (χ0n) is 18.2. The van der Waals surface area contributed by atoms with Gasteiger partial charge in [0.05, 0.1) is 34.2 Å². The Bertz CT molecular complexity index is 1280. The molecule has 3 N–H and O–H groups in total. The summed E-state index contributed by atoms with van der Waals surface area (Å²) >= 11 is 0. The summed E-state index contributed by atoms with van der Waals surface area (Å²) in [5.74, 6) is 0.397. The number of rotatable bonds is 7. The Morgan fingerprint density at radius 1 is 1.19 bits per heavy atom. The first-order chi connectivity index (χ1) is 14.5. The molecule has 3 aromatic rings. The Morgan fingerprint density at radius 2 is 1.90 bits per heavy atom. The minimum absolute atomic E-state index is 0.0227. The fraction of sp³-hybridized carbons (Fsp3) is 0.381. The predicted molar refractivity (Wildman–Crippen MR) is 122 cm³/mol. The van der Waals surface area contributed by atoms with E-state index in [1.807, 2.05) is 13.8 Å². The molecule has 0 radical (unpaired) electrons. The summed E-state index contributed by atoms with van der Waals surface area (Å²) in [6.07, 6.45) is 1.94. The van der Waals surface area contributed by atoms with Gasteiger partial charge in [-0.1, -0.05) is 6.07 Å². The van der Waals surface area contributed by atoms with Crippen LogP contribution in [0.4, 0.5) is 11.5 Å². The lowest BCUT2D eigenvalue weighted by Crippen LogP contribution is -2.21. The number of fused-ring (bicyclic) bond motifs is 1. The second-order valence-corrected chi connectivity index (χ2v) is 9.91. The van der Waals surface area contributed by atoms with Crippen molar-refractivity contribution in [3.63, 3.8) is 0 Å². The van der Waals surface area contributed by atoms with E-state index in [-0.39, 0.29) is 23.0 Å². The molecule has 10 heteroatoms. The first-order valence-corrected chi connectivity index (χ1v) is 11.8. The quantitative estimate of drug-likeness (QED) is 0.504. The molecule has 1 aromatic carbocycles. The van der Waals surface area contributed by atoms with Crippen LogP contribution < -0.4 is 16.2 Å². The Hall–Kier alpha value is -2.98. The highest BCUT2D eigenvalue weighted by molar-refractivity contribution is 7.90. The van der Waals surface area contributed by atoms with Gasteiger partial charge in [0, 0.05) is 31.5 Å². The largest absolute Gasteiger partial charge is 0.392 e. The van der Waals surface area contributed by atoms with Crippen molar-refractivity contribution in [2.24, 2.45) is 7.05 Å². The summed E-state index contributed by atoms with van der Waals surface area (Å²) in [5, 5.41) is 16.1. The Kier molecular flexibility index (Phi) is 6.33. The predicted octanol–water partition coefficient (Wildman–Crippen LogP) is 2.01. The van der Waals surface area contributed by atoms with Crippen LogP contribution in [-0.4, -0.2) is 53.0 Å².